The van der Waals surface area contributed by atoms with E-state index in [-0.39, 0.29) is 0 Å². The number of aliphatic hydroxyl groups is 2. The molecule has 0 bridgehead atoms. The molecule has 6 nitrogen and oxygen atoms in total. The Kier molecular flexibility index (Phi) is 9.94. The van der Waals surface area contributed by atoms with Gasteiger partial charge in [0, 0.05) is 0 Å². The third kappa shape index (κ3) is 26.7. The van der Waals surface area contributed by atoms with Crippen LogP contribution in [0.3, 0.4) is 0 Å². The van der Waals surface area contributed by atoms with Crippen molar-refractivity contribution in [1.29, 1.82) is 0 Å². The Hall–Kier alpha value is -0.720. The minimum atomic E-state index is -0.625. The van der Waals surface area contributed by atoms with Crippen LogP contribution in [0, 0.1) is 4.91 Å². The predicted octanol–water partition coefficient (Wildman–Crippen LogP) is -0.605. The molecule has 0 rings (SSSR count). The van der Waals surface area contributed by atoms with Crippen molar-refractivity contribution in [2.45, 2.75) is 26.3 Å². The molecule has 0 amide bonds. The topological polar surface area (TPSA) is 102 Å². The molecule has 0 aromatic rings. The second-order valence-electron chi connectivity index (χ2n) is 1.60. The summed E-state index contributed by atoms with van der Waals surface area (Å²) in [5, 5.41) is 27.2. The van der Waals surface area contributed by atoms with E-state index < -0.39 is 12.5 Å². The molecule has 0 aliphatic heterocycles. The third-order valence-corrected chi connectivity index (χ3v) is 0.482. The molecule has 0 aliphatic carbocycles. The van der Waals surface area contributed by atoms with E-state index in [2.05, 4.69) is 5.32 Å². The molecule has 0 heterocycles. The lowest BCUT2D eigenvalue weighted by Crippen LogP contribution is -2.33. The number of nitrogens with one attached hydrogen (secondary N) is 1. The molecule has 62 valence electrons. The molecule has 6 heteroatoms. The highest BCUT2D eigenvalue weighted by Crippen LogP contribution is 1.74. The van der Waals surface area contributed by atoms with Crippen molar-refractivity contribution in [3.8, 4) is 0 Å². The van der Waals surface area contributed by atoms with Crippen molar-refractivity contribution in [3.63, 3.8) is 0 Å². The normalized spacial score (nSPS) is 14.4. The Morgan fingerprint density at radius 3 is 1.50 bits per heavy atom. The fourth-order valence-electron chi connectivity index (χ4n) is 0.349. The number of rotatable bonds is 2. The van der Waals surface area contributed by atoms with E-state index >= 15 is 0 Å². The van der Waals surface area contributed by atoms with Gasteiger partial charge in [0.1, 0.15) is 12.5 Å². The molecular weight excluding hydrogens is 140 g/mol. The van der Waals surface area contributed by atoms with Gasteiger partial charge in [0.2, 0.25) is 0 Å². The molecule has 0 saturated carbocycles. The summed E-state index contributed by atoms with van der Waals surface area (Å²) in [6.45, 7) is 3.10. The third-order valence-electron chi connectivity index (χ3n) is 0.482. The maximum Gasteiger partial charge on any atom is 0.152 e. The molecule has 0 aliphatic rings. The highest BCUT2D eigenvalue weighted by atomic mass is 16.6. The molecule has 0 aromatic heterocycles. The molecule has 0 spiro atoms. The molecule has 2 unspecified atom stereocenters. The maximum absolute atomic E-state index is 8.45. The van der Waals surface area contributed by atoms with Gasteiger partial charge in [0.25, 0.3) is 0 Å². The van der Waals surface area contributed by atoms with E-state index in [1.54, 1.807) is 13.8 Å². The zero-order valence-electron chi connectivity index (χ0n) is 5.85. The summed E-state index contributed by atoms with van der Waals surface area (Å²) < 4.78 is 0. The second kappa shape index (κ2) is 8.28. The first kappa shape index (κ1) is 12.0. The first-order chi connectivity index (χ1) is 4.54. The summed E-state index contributed by atoms with van der Waals surface area (Å²) in [7, 11) is 0. The lowest BCUT2D eigenvalue weighted by atomic mass is 10.6. The largest absolute Gasteiger partial charge is 0.379 e. The zero-order valence-corrected chi connectivity index (χ0v) is 5.85. The van der Waals surface area contributed by atoms with E-state index in [0.717, 1.165) is 0 Å². The number of aliphatic hydroxyl groups excluding tert-OH is 2. The van der Waals surface area contributed by atoms with Crippen molar-refractivity contribution in [2.75, 3.05) is 0 Å². The molecule has 0 radical (unpaired) electrons. The Bertz CT molecular complexity index is 69.7. The van der Waals surface area contributed by atoms with Crippen LogP contribution in [0.25, 0.3) is 0 Å². The molecule has 0 fully saturated rings. The summed E-state index contributed by atoms with van der Waals surface area (Å²) in [6, 6.07) is 0. The van der Waals surface area contributed by atoms with Crippen LogP contribution in [0.4, 0.5) is 0 Å². The average Bonchev–Trinajstić information content (AvgIpc) is 1.62. The number of hydrogen-bond donors (Lipinski definition) is 4. The van der Waals surface area contributed by atoms with Crippen LogP contribution in [-0.4, -0.2) is 27.9 Å². The molecule has 4 N–H and O–H groups in total. The van der Waals surface area contributed by atoms with Gasteiger partial charge in [-0.15, -0.1) is 4.91 Å². The highest BCUT2D eigenvalue weighted by Gasteiger charge is 1.95. The van der Waals surface area contributed by atoms with E-state index in [1.165, 1.54) is 5.34 Å². The lowest BCUT2D eigenvalue weighted by molar-refractivity contribution is 0.0632. The van der Waals surface area contributed by atoms with Crippen LogP contribution in [0.15, 0.2) is 5.34 Å². The Morgan fingerprint density at radius 2 is 1.50 bits per heavy atom. The maximum atomic E-state index is 8.45. The number of hydrogen-bond acceptors (Lipinski definition) is 5. The molecule has 0 saturated heterocycles. The van der Waals surface area contributed by atoms with Crippen LogP contribution in [0.5, 0.6) is 0 Å². The zero-order chi connectivity index (χ0) is 8.57. The van der Waals surface area contributed by atoms with Gasteiger partial charge in [-0.05, 0) is 13.8 Å². The van der Waals surface area contributed by atoms with Gasteiger partial charge in [-0.2, -0.15) is 0 Å². The first-order valence-corrected chi connectivity index (χ1v) is 2.63. The second-order valence-corrected chi connectivity index (χ2v) is 1.60. The van der Waals surface area contributed by atoms with Crippen LogP contribution in [0.2, 0.25) is 0 Å². The summed E-state index contributed by atoms with van der Waals surface area (Å²) >= 11 is 0. The van der Waals surface area contributed by atoms with Crippen molar-refractivity contribution in [1.82, 2.24) is 5.32 Å². The average molecular weight is 152 g/mol. The summed E-state index contributed by atoms with van der Waals surface area (Å²) in [5.41, 5.74) is 0. The van der Waals surface area contributed by atoms with Crippen LogP contribution in [-0.2, 0) is 0 Å². The van der Waals surface area contributed by atoms with Gasteiger partial charge in [-0.25, -0.2) is 0 Å². The van der Waals surface area contributed by atoms with E-state index in [4.69, 9.17) is 20.3 Å². The van der Waals surface area contributed by atoms with Crippen LogP contribution in [0.1, 0.15) is 13.8 Å². The quantitative estimate of drug-likeness (QED) is 0.240. The first-order valence-electron chi connectivity index (χ1n) is 2.63. The minimum absolute atomic E-state index is 0.625. The lowest BCUT2D eigenvalue weighted by Gasteiger charge is -2.08. The van der Waals surface area contributed by atoms with Crippen molar-refractivity contribution in [2.24, 2.45) is 5.34 Å². The van der Waals surface area contributed by atoms with Gasteiger partial charge in [-0.3, -0.25) is 5.32 Å². The Labute approximate surface area is 58.4 Å². The van der Waals surface area contributed by atoms with E-state index in [0.29, 0.717) is 0 Å². The monoisotopic (exact) mass is 152 g/mol. The van der Waals surface area contributed by atoms with Gasteiger partial charge in [0.05, 0.1) is 0 Å². The highest BCUT2D eigenvalue weighted by molar-refractivity contribution is 4.42. The molecular formula is C4H12N2O4. The Morgan fingerprint density at radius 1 is 1.30 bits per heavy atom. The van der Waals surface area contributed by atoms with E-state index in [9.17, 15) is 0 Å². The summed E-state index contributed by atoms with van der Waals surface area (Å²) in [6.07, 6.45) is -1.25. The smallest absolute Gasteiger partial charge is 0.152 e. The van der Waals surface area contributed by atoms with Crippen LogP contribution < -0.4 is 5.32 Å². The summed E-state index contributed by atoms with van der Waals surface area (Å²) in [4.78, 5) is 8.11. The minimum Gasteiger partial charge on any atom is -0.379 e. The fraction of sp³-hybridized carbons (Fsp3) is 1.00. The predicted molar refractivity (Wildman–Crippen MR) is 34.1 cm³/mol. The van der Waals surface area contributed by atoms with Crippen molar-refractivity contribution < 1.29 is 15.4 Å². The van der Waals surface area contributed by atoms with Gasteiger partial charge in [0.15, 0.2) is 5.34 Å². The van der Waals surface area contributed by atoms with Gasteiger partial charge >= 0.3 is 0 Å². The Balaban J connectivity index is 0. The van der Waals surface area contributed by atoms with Crippen molar-refractivity contribution >= 4 is 0 Å². The summed E-state index contributed by atoms with van der Waals surface area (Å²) in [5.74, 6) is 0. The van der Waals surface area contributed by atoms with Gasteiger partial charge < -0.3 is 15.4 Å². The SMILES string of the molecule is CC(O)NC(C)O.O=NO. The number of nitrogens with zero attached hydrogens (tertiary/aromatic N) is 1. The van der Waals surface area contributed by atoms with E-state index in [1.807, 2.05) is 0 Å². The van der Waals surface area contributed by atoms with Crippen LogP contribution >= 0.6 is 0 Å². The molecule has 0 aromatic carbocycles. The molecule has 2 atom stereocenters. The molecule has 10 heavy (non-hydrogen) atoms. The van der Waals surface area contributed by atoms with Gasteiger partial charge in [-0.1, -0.05) is 0 Å². The van der Waals surface area contributed by atoms with Crippen molar-refractivity contribution in [3.05, 3.63) is 4.91 Å². The standard InChI is InChI=1S/C4H11NO2.HNO2/c1-3(6)5-4(2)7;2-1-3/h3-7H,1-2H3;(H,2,3). The fourth-order valence-corrected chi connectivity index (χ4v) is 0.349.